The first-order valence-corrected chi connectivity index (χ1v) is 6.87. The summed E-state index contributed by atoms with van der Waals surface area (Å²) in [5.41, 5.74) is 2.68. The van der Waals surface area contributed by atoms with Gasteiger partial charge in [0.05, 0.1) is 31.3 Å². The van der Waals surface area contributed by atoms with E-state index < -0.39 is 17.9 Å². The number of esters is 2. The lowest BCUT2D eigenvalue weighted by Gasteiger charge is -2.28. The zero-order valence-corrected chi connectivity index (χ0v) is 13.1. The molecular weight excluding hydrogens is 282 g/mol. The molecule has 0 fully saturated rings. The maximum Gasteiger partial charge on any atom is 0.336 e. The third-order valence-corrected chi connectivity index (χ3v) is 3.65. The van der Waals surface area contributed by atoms with Gasteiger partial charge in [-0.05, 0) is 18.1 Å². The predicted molar refractivity (Wildman–Crippen MR) is 81.9 cm³/mol. The number of rotatable bonds is 3. The standard InChI is InChI=1S/C17H19NO4/c1-11-7-5-6-8-12(11)15-13(16(19)21-3)9-18(2)10-14(15)17(20)22-4/h5-10,15H,1-4H3. The minimum Gasteiger partial charge on any atom is -0.466 e. The number of hydrogen-bond acceptors (Lipinski definition) is 5. The lowest BCUT2D eigenvalue weighted by molar-refractivity contribution is -0.137. The van der Waals surface area contributed by atoms with Crippen LogP contribution in [-0.2, 0) is 19.1 Å². The Bertz CT molecular complexity index is 626. The van der Waals surface area contributed by atoms with Crippen molar-refractivity contribution in [3.05, 3.63) is 58.9 Å². The molecule has 0 aromatic heterocycles. The van der Waals surface area contributed by atoms with Crippen LogP contribution in [0.15, 0.2) is 47.8 Å². The maximum atomic E-state index is 12.2. The van der Waals surface area contributed by atoms with Crippen molar-refractivity contribution in [2.45, 2.75) is 12.8 Å². The average molecular weight is 301 g/mol. The number of carbonyl (C=O) groups is 2. The average Bonchev–Trinajstić information content (AvgIpc) is 2.53. The molecule has 0 saturated carbocycles. The van der Waals surface area contributed by atoms with Crippen LogP contribution in [0.2, 0.25) is 0 Å². The van der Waals surface area contributed by atoms with Gasteiger partial charge in [-0.1, -0.05) is 24.3 Å². The van der Waals surface area contributed by atoms with Gasteiger partial charge in [-0.3, -0.25) is 0 Å². The normalized spacial score (nSPS) is 15.0. The van der Waals surface area contributed by atoms with Crippen LogP contribution < -0.4 is 0 Å². The summed E-state index contributed by atoms with van der Waals surface area (Å²) in [7, 11) is 4.41. The van der Waals surface area contributed by atoms with Gasteiger partial charge in [0, 0.05) is 19.4 Å². The summed E-state index contributed by atoms with van der Waals surface area (Å²) in [5.74, 6) is -1.43. The Hall–Kier alpha value is -2.56. The molecule has 0 saturated heterocycles. The summed E-state index contributed by atoms with van der Waals surface area (Å²) in [6.45, 7) is 1.94. The Morgan fingerprint density at radius 3 is 1.95 bits per heavy atom. The lowest BCUT2D eigenvalue weighted by Crippen LogP contribution is -2.27. The number of benzene rings is 1. The quantitative estimate of drug-likeness (QED) is 0.801. The molecule has 22 heavy (non-hydrogen) atoms. The highest BCUT2D eigenvalue weighted by atomic mass is 16.5. The molecule has 5 nitrogen and oxygen atoms in total. The van der Waals surface area contributed by atoms with Crippen LogP contribution >= 0.6 is 0 Å². The zero-order chi connectivity index (χ0) is 16.3. The number of aryl methyl sites for hydroxylation is 1. The molecule has 0 bridgehead atoms. The number of ether oxygens (including phenoxy) is 2. The lowest BCUT2D eigenvalue weighted by atomic mass is 9.81. The van der Waals surface area contributed by atoms with Gasteiger partial charge >= 0.3 is 11.9 Å². The molecule has 0 spiro atoms. The minimum absolute atomic E-state index is 0.405. The van der Waals surface area contributed by atoms with Gasteiger partial charge < -0.3 is 14.4 Å². The summed E-state index contributed by atoms with van der Waals surface area (Å²) >= 11 is 0. The number of hydrogen-bond donors (Lipinski definition) is 0. The first-order valence-electron chi connectivity index (χ1n) is 6.87. The number of carbonyl (C=O) groups excluding carboxylic acids is 2. The highest BCUT2D eigenvalue weighted by molar-refractivity contribution is 5.98. The van der Waals surface area contributed by atoms with Crippen molar-refractivity contribution in [3.8, 4) is 0 Å². The first kappa shape index (κ1) is 15.8. The summed E-state index contributed by atoms with van der Waals surface area (Å²) in [4.78, 5) is 26.0. The van der Waals surface area contributed by atoms with E-state index in [0.29, 0.717) is 11.1 Å². The Morgan fingerprint density at radius 1 is 1.00 bits per heavy atom. The highest BCUT2D eigenvalue weighted by Crippen LogP contribution is 2.37. The molecule has 1 aliphatic rings. The molecule has 1 aromatic rings. The minimum atomic E-state index is -0.503. The summed E-state index contributed by atoms with van der Waals surface area (Å²) in [5, 5.41) is 0. The van der Waals surface area contributed by atoms with Crippen LogP contribution in [0.1, 0.15) is 17.0 Å². The number of methoxy groups -OCH3 is 2. The van der Waals surface area contributed by atoms with Crippen LogP contribution in [0.4, 0.5) is 0 Å². The van der Waals surface area contributed by atoms with Crippen molar-refractivity contribution in [1.29, 1.82) is 0 Å². The summed E-state index contributed by atoms with van der Waals surface area (Å²) in [6, 6.07) is 7.64. The van der Waals surface area contributed by atoms with Crippen molar-refractivity contribution in [1.82, 2.24) is 4.90 Å². The van der Waals surface area contributed by atoms with E-state index in [1.165, 1.54) is 14.2 Å². The number of nitrogens with zero attached hydrogens (tertiary/aromatic N) is 1. The van der Waals surface area contributed by atoms with Crippen molar-refractivity contribution < 1.29 is 19.1 Å². The van der Waals surface area contributed by atoms with Gasteiger partial charge in [-0.2, -0.15) is 0 Å². The van der Waals surface area contributed by atoms with Crippen LogP contribution in [0.25, 0.3) is 0 Å². The molecule has 116 valence electrons. The molecule has 0 amide bonds. The Balaban J connectivity index is 2.61. The molecule has 0 N–H and O–H groups in total. The molecule has 0 unspecified atom stereocenters. The van der Waals surface area contributed by atoms with Crippen LogP contribution in [0.3, 0.4) is 0 Å². The Morgan fingerprint density at radius 2 is 1.50 bits per heavy atom. The Kier molecular flexibility index (Phi) is 4.65. The van der Waals surface area contributed by atoms with E-state index in [1.54, 1.807) is 24.3 Å². The topological polar surface area (TPSA) is 55.8 Å². The third-order valence-electron chi connectivity index (χ3n) is 3.65. The van der Waals surface area contributed by atoms with Crippen molar-refractivity contribution >= 4 is 11.9 Å². The monoisotopic (exact) mass is 301 g/mol. The van der Waals surface area contributed by atoms with Gasteiger partial charge in [-0.15, -0.1) is 0 Å². The van der Waals surface area contributed by atoms with Crippen molar-refractivity contribution in [2.24, 2.45) is 0 Å². The van der Waals surface area contributed by atoms with Crippen LogP contribution in [0.5, 0.6) is 0 Å². The molecule has 5 heteroatoms. The fourth-order valence-electron chi connectivity index (χ4n) is 2.62. The fraction of sp³-hybridized carbons (Fsp3) is 0.294. The molecule has 0 aliphatic carbocycles. The fourth-order valence-corrected chi connectivity index (χ4v) is 2.62. The second-order valence-corrected chi connectivity index (χ2v) is 5.11. The van der Waals surface area contributed by atoms with E-state index >= 15 is 0 Å². The van der Waals surface area contributed by atoms with Gasteiger partial charge in [0.1, 0.15) is 0 Å². The third kappa shape index (κ3) is 2.88. The van der Waals surface area contributed by atoms with E-state index in [0.717, 1.165) is 11.1 Å². The first-order chi connectivity index (χ1) is 10.5. The highest BCUT2D eigenvalue weighted by Gasteiger charge is 2.35. The van der Waals surface area contributed by atoms with Gasteiger partial charge in [0.25, 0.3) is 0 Å². The zero-order valence-electron chi connectivity index (χ0n) is 13.1. The Labute approximate surface area is 129 Å². The van der Waals surface area contributed by atoms with Crippen LogP contribution in [-0.4, -0.2) is 38.1 Å². The second kappa shape index (κ2) is 6.47. The molecule has 0 radical (unpaired) electrons. The SMILES string of the molecule is COC(=O)C1=CN(C)C=C(C(=O)OC)C1c1ccccc1C. The summed E-state index contributed by atoms with van der Waals surface area (Å²) < 4.78 is 9.76. The second-order valence-electron chi connectivity index (χ2n) is 5.11. The molecule has 1 aromatic carbocycles. The van der Waals surface area contributed by atoms with E-state index in [9.17, 15) is 9.59 Å². The van der Waals surface area contributed by atoms with Crippen LogP contribution in [0, 0.1) is 6.92 Å². The molecule has 1 aliphatic heterocycles. The van der Waals surface area contributed by atoms with Gasteiger partial charge in [-0.25, -0.2) is 9.59 Å². The van der Waals surface area contributed by atoms with Gasteiger partial charge in [0.15, 0.2) is 0 Å². The van der Waals surface area contributed by atoms with E-state index in [4.69, 9.17) is 9.47 Å². The smallest absolute Gasteiger partial charge is 0.336 e. The molecular formula is C17H19NO4. The van der Waals surface area contributed by atoms with Gasteiger partial charge in [0.2, 0.25) is 0 Å². The maximum absolute atomic E-state index is 12.2. The van der Waals surface area contributed by atoms with E-state index in [-0.39, 0.29) is 0 Å². The van der Waals surface area contributed by atoms with Crippen molar-refractivity contribution in [2.75, 3.05) is 21.3 Å². The van der Waals surface area contributed by atoms with E-state index in [1.807, 2.05) is 31.2 Å². The molecule has 2 rings (SSSR count). The molecule has 1 heterocycles. The molecule has 0 atom stereocenters. The van der Waals surface area contributed by atoms with Crippen molar-refractivity contribution in [3.63, 3.8) is 0 Å². The largest absolute Gasteiger partial charge is 0.466 e. The van der Waals surface area contributed by atoms with E-state index in [2.05, 4.69) is 0 Å². The summed E-state index contributed by atoms with van der Waals surface area (Å²) in [6.07, 6.45) is 3.35. The predicted octanol–water partition coefficient (Wildman–Crippen LogP) is 2.14.